The van der Waals surface area contributed by atoms with E-state index >= 15 is 0 Å². The van der Waals surface area contributed by atoms with Gasteiger partial charge in [-0.05, 0) is 0 Å². The Morgan fingerprint density at radius 3 is 1.25 bits per heavy atom. The molecule has 2 nitrogen and oxygen atoms in total. The average Bonchev–Trinajstić information content (AvgIpc) is 1.96. The molecule has 1 aromatic heterocycles. The van der Waals surface area contributed by atoms with Crippen LogP contribution in [-0.2, 0) is 0 Å². The zero-order chi connectivity index (χ0) is 6.24. The molecular weight excluding hydrogens is 124 g/mol. The van der Waals surface area contributed by atoms with Crippen LogP contribution in [0.3, 0.4) is 0 Å². The lowest BCUT2D eigenvalue weighted by molar-refractivity contribution is 1.20. The van der Waals surface area contributed by atoms with Gasteiger partial charge >= 0.3 is 0 Å². The van der Waals surface area contributed by atoms with E-state index in [9.17, 15) is 0 Å². The highest BCUT2D eigenvalue weighted by molar-refractivity contribution is 6.15. The Kier molecular flexibility index (Phi) is 5.87. The summed E-state index contributed by atoms with van der Waals surface area (Å²) in [5.41, 5.74) is 0. The fraction of sp³-hybridized carbons (Fsp3) is 0.200. The number of halogens is 1. The van der Waals surface area contributed by atoms with Crippen LogP contribution in [0.5, 0.6) is 0 Å². The van der Waals surface area contributed by atoms with E-state index < -0.39 is 0 Å². The molecule has 1 rings (SSSR count). The van der Waals surface area contributed by atoms with Gasteiger partial charge in [0.1, 0.15) is 0 Å². The summed E-state index contributed by atoms with van der Waals surface area (Å²) in [5.74, 6) is 0. The summed E-state index contributed by atoms with van der Waals surface area (Å²) in [4.78, 5) is 7.44. The molecule has 0 aliphatic rings. The van der Waals surface area contributed by atoms with Crippen LogP contribution >= 0.6 is 11.6 Å². The predicted molar refractivity (Wildman–Crippen MR) is 33.8 cm³/mol. The van der Waals surface area contributed by atoms with Crippen molar-refractivity contribution in [2.45, 2.75) is 0 Å². The monoisotopic (exact) mass is 130 g/mol. The number of alkyl halides is 1. The van der Waals surface area contributed by atoms with Crippen molar-refractivity contribution in [1.29, 1.82) is 0 Å². The lowest BCUT2D eigenvalue weighted by Gasteiger charge is -1.70. The minimum atomic E-state index is 1.47. The minimum absolute atomic E-state index is 1.47. The van der Waals surface area contributed by atoms with Gasteiger partial charge in [-0.25, -0.2) is 0 Å². The van der Waals surface area contributed by atoms with Gasteiger partial charge < -0.3 is 0 Å². The van der Waals surface area contributed by atoms with Crippen molar-refractivity contribution in [3.05, 3.63) is 24.8 Å². The average molecular weight is 131 g/mol. The standard InChI is InChI=1S/C4H4N2.CH3Cl/c1-2-6-4-3-5-1;1-2/h1-4H;1H3. The van der Waals surface area contributed by atoms with Gasteiger partial charge in [0.25, 0.3) is 0 Å². The summed E-state index contributed by atoms with van der Waals surface area (Å²) in [6.45, 7) is 0. The highest BCUT2D eigenvalue weighted by Gasteiger charge is 1.59. The summed E-state index contributed by atoms with van der Waals surface area (Å²) in [6.07, 6.45) is 8.03. The second-order valence-corrected chi connectivity index (χ2v) is 0.894. The molecule has 0 radical (unpaired) electrons. The second kappa shape index (κ2) is 6.37. The molecule has 44 valence electrons. The van der Waals surface area contributed by atoms with E-state index in [1.54, 1.807) is 24.8 Å². The SMILES string of the molecule is CCl.c1cnccn1. The van der Waals surface area contributed by atoms with E-state index in [0.717, 1.165) is 0 Å². The van der Waals surface area contributed by atoms with Gasteiger partial charge in [0.15, 0.2) is 0 Å². The van der Waals surface area contributed by atoms with Gasteiger partial charge in [0.2, 0.25) is 0 Å². The molecule has 0 aliphatic carbocycles. The van der Waals surface area contributed by atoms with Crippen LogP contribution < -0.4 is 0 Å². The first kappa shape index (κ1) is 7.37. The quantitative estimate of drug-likeness (QED) is 0.496. The van der Waals surface area contributed by atoms with E-state index in [1.807, 2.05) is 0 Å². The van der Waals surface area contributed by atoms with Crippen LogP contribution in [0.1, 0.15) is 0 Å². The van der Waals surface area contributed by atoms with Gasteiger partial charge in [0.05, 0.1) is 0 Å². The summed E-state index contributed by atoms with van der Waals surface area (Å²) in [7, 11) is 0. The van der Waals surface area contributed by atoms with Crippen molar-refractivity contribution in [3.63, 3.8) is 0 Å². The highest BCUT2D eigenvalue weighted by Crippen LogP contribution is 1.65. The van der Waals surface area contributed by atoms with Crippen molar-refractivity contribution < 1.29 is 0 Å². The molecule has 1 aromatic rings. The Morgan fingerprint density at radius 1 is 0.875 bits per heavy atom. The van der Waals surface area contributed by atoms with Crippen LogP contribution in [0, 0.1) is 0 Å². The van der Waals surface area contributed by atoms with E-state index in [1.165, 1.54) is 6.38 Å². The third-order valence-electron chi connectivity index (χ3n) is 0.478. The Bertz CT molecular complexity index is 82.4. The first-order valence-corrected chi connectivity index (χ1v) is 2.83. The van der Waals surface area contributed by atoms with E-state index in [-0.39, 0.29) is 0 Å². The fourth-order valence-corrected chi connectivity index (χ4v) is 0.253. The molecule has 0 bridgehead atoms. The molecule has 0 fully saturated rings. The topological polar surface area (TPSA) is 25.8 Å². The van der Waals surface area contributed by atoms with Crippen molar-refractivity contribution >= 4 is 11.6 Å². The first-order chi connectivity index (χ1) is 4.00. The van der Waals surface area contributed by atoms with Gasteiger partial charge in [-0.15, -0.1) is 11.6 Å². The smallest absolute Gasteiger partial charge is 0.0451 e. The molecule has 0 aliphatic heterocycles. The van der Waals surface area contributed by atoms with Gasteiger partial charge in [0, 0.05) is 31.2 Å². The van der Waals surface area contributed by atoms with Crippen LogP contribution in [-0.4, -0.2) is 16.4 Å². The summed E-state index contributed by atoms with van der Waals surface area (Å²) < 4.78 is 0. The van der Waals surface area contributed by atoms with Gasteiger partial charge in [-0.2, -0.15) is 0 Å². The van der Waals surface area contributed by atoms with Crippen LogP contribution in [0.2, 0.25) is 0 Å². The summed E-state index contributed by atoms with van der Waals surface area (Å²) in [5, 5.41) is 0. The molecule has 3 heteroatoms. The van der Waals surface area contributed by atoms with Gasteiger partial charge in [-0.3, -0.25) is 9.97 Å². The molecule has 0 N–H and O–H groups in total. The normalized spacial score (nSPS) is 6.75. The van der Waals surface area contributed by atoms with E-state index in [0.29, 0.717) is 0 Å². The van der Waals surface area contributed by atoms with Crippen LogP contribution in [0.25, 0.3) is 0 Å². The Morgan fingerprint density at radius 2 is 1.12 bits per heavy atom. The molecule has 0 atom stereocenters. The summed E-state index contributed by atoms with van der Waals surface area (Å²) in [6, 6.07) is 0. The first-order valence-electron chi connectivity index (χ1n) is 2.08. The third-order valence-corrected chi connectivity index (χ3v) is 0.478. The zero-order valence-electron chi connectivity index (χ0n) is 4.58. The predicted octanol–water partition coefficient (Wildman–Crippen LogP) is 1.33. The fourth-order valence-electron chi connectivity index (χ4n) is 0.253. The molecule has 0 spiro atoms. The van der Waals surface area contributed by atoms with Gasteiger partial charge in [-0.1, -0.05) is 0 Å². The lowest BCUT2D eigenvalue weighted by atomic mass is 10.8. The molecule has 0 saturated heterocycles. The third kappa shape index (κ3) is 3.56. The Balaban J connectivity index is 0.000000222. The van der Waals surface area contributed by atoms with Crippen LogP contribution in [0.4, 0.5) is 0 Å². The highest BCUT2D eigenvalue weighted by atomic mass is 35.5. The molecule has 1 heterocycles. The molecule has 0 amide bonds. The number of hydrogen-bond donors (Lipinski definition) is 0. The molecule has 8 heavy (non-hydrogen) atoms. The van der Waals surface area contributed by atoms with E-state index in [2.05, 4.69) is 21.6 Å². The Hall–Kier alpha value is -0.630. The summed E-state index contributed by atoms with van der Waals surface area (Å²) >= 11 is 4.64. The molecule has 0 saturated carbocycles. The molecule has 0 aromatic carbocycles. The number of aromatic nitrogens is 2. The molecule has 0 unspecified atom stereocenters. The number of nitrogens with zero attached hydrogens (tertiary/aromatic N) is 2. The van der Waals surface area contributed by atoms with Crippen molar-refractivity contribution in [2.75, 3.05) is 6.38 Å². The maximum Gasteiger partial charge on any atom is 0.0451 e. The Labute approximate surface area is 53.5 Å². The zero-order valence-corrected chi connectivity index (χ0v) is 5.34. The van der Waals surface area contributed by atoms with Crippen LogP contribution in [0.15, 0.2) is 24.8 Å². The maximum absolute atomic E-state index is 4.64. The maximum atomic E-state index is 4.64. The second-order valence-electron chi connectivity index (χ2n) is 0.894. The van der Waals surface area contributed by atoms with Crippen molar-refractivity contribution in [2.24, 2.45) is 0 Å². The lowest BCUT2D eigenvalue weighted by Crippen LogP contribution is -1.66. The number of hydrogen-bond acceptors (Lipinski definition) is 2. The minimum Gasteiger partial charge on any atom is -0.262 e. The van der Waals surface area contributed by atoms with Crippen molar-refractivity contribution in [1.82, 2.24) is 9.97 Å². The molecular formula is C5H7ClN2. The van der Waals surface area contributed by atoms with E-state index in [4.69, 9.17) is 0 Å². The van der Waals surface area contributed by atoms with Crippen molar-refractivity contribution in [3.8, 4) is 0 Å². The number of rotatable bonds is 0. The largest absolute Gasteiger partial charge is 0.262 e.